The Morgan fingerprint density at radius 1 is 0.630 bits per heavy atom. The summed E-state index contributed by atoms with van der Waals surface area (Å²) in [5.41, 5.74) is -0.829. The monoisotopic (exact) mass is 1510 g/mol. The van der Waals surface area contributed by atoms with Crippen molar-refractivity contribution in [1.29, 1.82) is 5.26 Å². The van der Waals surface area contributed by atoms with Crippen molar-refractivity contribution in [3.63, 3.8) is 0 Å². The first-order valence-corrected chi connectivity index (χ1v) is 35.9. The van der Waals surface area contributed by atoms with Crippen LogP contribution in [0.25, 0.3) is 21.5 Å². The van der Waals surface area contributed by atoms with Crippen molar-refractivity contribution >= 4 is 127 Å². The molecule has 6 amide bonds. The first kappa shape index (κ1) is 87.8. The summed E-state index contributed by atoms with van der Waals surface area (Å²) in [6.45, 7) is 5.58. The summed E-state index contributed by atoms with van der Waals surface area (Å²) < 4.78 is 107. The predicted octanol–water partition coefficient (Wildman–Crippen LogP) is 11.9. The second-order valence-corrected chi connectivity index (χ2v) is 36.5. The number of ether oxygens (including phenoxy) is 2. The van der Waals surface area contributed by atoms with E-state index in [0.29, 0.717) is 0 Å². The lowest BCUT2D eigenvalue weighted by Crippen LogP contribution is -2.47. The Morgan fingerprint density at radius 3 is 1.30 bits per heavy atom. The smallest absolute Gasteiger partial charge is 0.447 e. The largest absolute Gasteiger partial charge is 0.474 e. The summed E-state index contributed by atoms with van der Waals surface area (Å²) in [4.78, 5) is 78.7. The number of nitriles is 1. The predicted molar refractivity (Wildman–Crippen MR) is 363 cm³/mol. The van der Waals surface area contributed by atoms with Crippen LogP contribution in [0.1, 0.15) is 45.7 Å². The zero-order valence-electron chi connectivity index (χ0n) is 50.1. The van der Waals surface area contributed by atoms with Crippen LogP contribution in [0.5, 0.6) is 0 Å². The summed E-state index contributed by atoms with van der Waals surface area (Å²) in [6, 6.07) is 23.4. The molecule has 92 heavy (non-hydrogen) atoms. The molecule has 0 saturated heterocycles. The number of aliphatic hydroxyl groups excluding tert-OH is 2. The van der Waals surface area contributed by atoms with E-state index in [1.807, 2.05) is 48.5 Å². The number of hydrogen-bond donors (Lipinski definition) is 8. The fourth-order valence-electron chi connectivity index (χ4n) is 7.20. The van der Waals surface area contributed by atoms with E-state index in [4.69, 9.17) is 29.0 Å². The van der Waals surface area contributed by atoms with Crippen molar-refractivity contribution in [2.24, 2.45) is 0 Å². The third-order valence-corrected chi connectivity index (χ3v) is 13.4. The molecule has 6 rings (SSSR count). The Morgan fingerprint density at radius 2 is 0.967 bits per heavy atom. The highest BCUT2D eigenvalue weighted by molar-refractivity contribution is 14.1. The minimum Gasteiger partial charge on any atom is -0.447 e. The highest BCUT2D eigenvalue weighted by atomic mass is 127. The molecule has 4 aromatic carbocycles. The molecule has 4 atom stereocenters. The van der Waals surface area contributed by atoms with Gasteiger partial charge in [0.25, 0.3) is 0 Å². The van der Waals surface area contributed by atoms with Gasteiger partial charge in [-0.1, -0.05) is 107 Å². The van der Waals surface area contributed by atoms with Gasteiger partial charge in [0.2, 0.25) is 0 Å². The van der Waals surface area contributed by atoms with Crippen LogP contribution < -0.4 is 21.3 Å². The van der Waals surface area contributed by atoms with Gasteiger partial charge in [-0.05, 0) is 47.9 Å². The number of nitrogens with zero attached hydrogens (tertiary/aromatic N) is 5. The second-order valence-electron chi connectivity index (χ2n) is 19.5. The number of aromatic nitrogens is 2. The van der Waals surface area contributed by atoms with E-state index in [1.54, 1.807) is 30.6 Å². The van der Waals surface area contributed by atoms with Crippen LogP contribution in [0.4, 0.5) is 48.4 Å². The van der Waals surface area contributed by atoms with Gasteiger partial charge in [-0.2, -0.15) is 32.3 Å². The Kier molecular flexibility index (Phi) is 41.7. The molecular weight excluding hydrogens is 1420 g/mol. The van der Waals surface area contributed by atoms with Crippen LogP contribution in [0.3, 0.4) is 0 Å². The lowest BCUT2D eigenvalue weighted by Gasteiger charge is -2.30. The van der Waals surface area contributed by atoms with Gasteiger partial charge in [0.1, 0.15) is 30.4 Å². The summed E-state index contributed by atoms with van der Waals surface area (Å²) in [7, 11) is -3.88. The molecule has 6 aromatic rings. The lowest BCUT2D eigenvalue weighted by molar-refractivity contribution is 0.0403. The van der Waals surface area contributed by atoms with Crippen molar-refractivity contribution in [2.75, 3.05) is 65.4 Å². The van der Waals surface area contributed by atoms with Crippen molar-refractivity contribution in [1.82, 2.24) is 30.4 Å². The summed E-state index contributed by atoms with van der Waals surface area (Å²) in [5, 5.41) is 41.2. The Balaban J connectivity index is 0. The SMILES string of the molecule is C.C.CC#N.CN(C(=O)NCc1cccc(F)c1F)[C@H](COC(=O)Nc1cc2ccccc2cn1)C[C@@H](O)COP(=O)(O)O.COP(=O)(OC)OC[C@H](O)C[C@@H](COC(=O)Nc1cc2ccccc2cn1)N(C)C(=O)NCc1cccc(F)c1F.C[Si](C)(C)I.S.S. The highest BCUT2D eigenvalue weighted by Gasteiger charge is 2.30. The van der Waals surface area contributed by atoms with Crippen LogP contribution in [0, 0.1) is 34.6 Å². The van der Waals surface area contributed by atoms with Gasteiger partial charge in [0.15, 0.2) is 23.3 Å². The number of halogens is 5. The number of nitrogens with one attached hydrogen (secondary N) is 4. The van der Waals surface area contributed by atoms with Gasteiger partial charge in [-0.3, -0.25) is 28.7 Å². The average molecular weight is 1510 g/mol. The number of aliphatic hydroxyl groups is 2. The minimum absolute atomic E-state index is 0. The van der Waals surface area contributed by atoms with Crippen LogP contribution in [-0.4, -0.2) is 149 Å². The molecule has 0 unspecified atom stereocenters. The first-order valence-electron chi connectivity index (χ1n) is 26.3. The maximum absolute atomic E-state index is 14.0. The Labute approximate surface area is 560 Å². The number of amides is 6. The third-order valence-electron chi connectivity index (χ3n) is 11.6. The summed E-state index contributed by atoms with van der Waals surface area (Å²) in [5.74, 6) is -3.92. The van der Waals surface area contributed by atoms with E-state index in [9.17, 15) is 56.1 Å². The number of fused-ring (bicyclic) bond motifs is 2. The zero-order valence-corrected chi connectivity index (χ0v) is 57.0. The van der Waals surface area contributed by atoms with Gasteiger partial charge in [0.05, 0.1) is 43.6 Å². The molecule has 0 aliphatic heterocycles. The molecule has 25 nitrogen and oxygen atoms in total. The lowest BCUT2D eigenvalue weighted by atomic mass is 10.1. The fraction of sp³-hybridized carbons (Fsp3) is 0.386. The minimum atomic E-state index is -4.87. The molecule has 512 valence electrons. The van der Waals surface area contributed by atoms with E-state index < -0.39 is 113 Å². The number of pyridine rings is 2. The van der Waals surface area contributed by atoms with E-state index in [2.05, 4.69) is 86.2 Å². The molecule has 0 radical (unpaired) electrons. The van der Waals surface area contributed by atoms with Crippen LogP contribution in [-0.2, 0) is 49.8 Å². The molecular formula is C57H82F4IN9O16P2S2Si. The highest BCUT2D eigenvalue weighted by Crippen LogP contribution is 2.47. The van der Waals surface area contributed by atoms with E-state index in [0.717, 1.165) is 57.7 Å². The average Bonchev–Trinajstić information content (AvgIpc) is 1.25. The van der Waals surface area contributed by atoms with Crippen LogP contribution >= 0.6 is 64.4 Å². The zero-order chi connectivity index (χ0) is 65.8. The van der Waals surface area contributed by atoms with Gasteiger partial charge >= 0.3 is 39.9 Å². The normalized spacial score (nSPS) is 12.0. The molecule has 35 heteroatoms. The number of benzene rings is 4. The van der Waals surface area contributed by atoms with E-state index in [1.165, 1.54) is 45.3 Å². The van der Waals surface area contributed by atoms with E-state index in [-0.39, 0.29) is 97.1 Å². The number of anilines is 2. The number of phosphoric acid groups is 2. The molecule has 0 fully saturated rings. The first-order chi connectivity index (χ1) is 41.4. The second kappa shape index (κ2) is 43.6. The van der Waals surface area contributed by atoms with Crippen molar-refractivity contribution in [3.8, 4) is 6.07 Å². The van der Waals surface area contributed by atoms with Crippen molar-refractivity contribution in [2.45, 2.75) is 91.6 Å². The Bertz CT molecular complexity index is 3400. The molecule has 0 spiro atoms. The number of urea groups is 2. The van der Waals surface area contributed by atoms with Crippen molar-refractivity contribution < 1.29 is 93.4 Å². The van der Waals surface area contributed by atoms with Gasteiger partial charge in [-0.25, -0.2) is 55.8 Å². The number of rotatable bonds is 24. The standard InChI is InChI=1S/C26H31F2N4O8P.C24H27F2N4O8P.C3H9ISi.C2H3N.2CH4.2H2S/c1-32(25(34)30-14-19-9-6-10-22(27)24(19)28)20(12-21(33)16-40-41(36,37-2)38-3)15-39-26(35)31-23-11-17-7-4-5-8-18(17)13-29-23;1-30(23(32)28-12-17-7-4-8-20(25)22(17)26)18(10-19(31)14-38-39(34,35)36)13-37-24(33)29-21-9-15-5-2-3-6-16(15)11-27-21;1-5(2,3)4;1-2-3;;;;/h4-11,13,20-21,33H,12,14-16H2,1-3H3,(H,30,34)(H,29,31,35);2-9,11,18-19,31H,10,12-14H2,1H3,(H,28,32)(H,27,29,33)(H2,34,35,36);1-3H3;1H3;2*1H4;2*1H2/t20-,21+;18-,19+;;;;;;/m00....../s1. The summed E-state index contributed by atoms with van der Waals surface area (Å²) in [6.07, 6.45) is -1.93. The topological polar surface area (TPSA) is 343 Å². The molecule has 0 aliphatic rings. The molecule has 0 aliphatic carbocycles. The van der Waals surface area contributed by atoms with Gasteiger partial charge < -0.3 is 49.9 Å². The number of hydrogen-bond acceptors (Lipinski definition) is 17. The van der Waals surface area contributed by atoms with Crippen LogP contribution in [0.15, 0.2) is 109 Å². The number of phosphoric ester groups is 2. The molecule has 8 N–H and O–H groups in total. The molecule has 0 saturated carbocycles. The molecule has 0 bridgehead atoms. The van der Waals surface area contributed by atoms with E-state index >= 15 is 0 Å². The quantitative estimate of drug-likeness (QED) is 0.00917. The maximum atomic E-state index is 14.0. The summed E-state index contributed by atoms with van der Waals surface area (Å²) >= 11 is 2.52. The molecule has 2 heterocycles. The Hall–Kier alpha value is -6.22. The van der Waals surface area contributed by atoms with Gasteiger partial charge in [-0.15, -0.1) is 21.8 Å². The van der Waals surface area contributed by atoms with Crippen molar-refractivity contribution in [3.05, 3.63) is 144 Å². The number of carbonyl (C=O) groups is 4. The van der Waals surface area contributed by atoms with Crippen LogP contribution in [0.2, 0.25) is 19.6 Å². The fourth-order valence-corrected chi connectivity index (χ4v) is 8.28. The van der Waals surface area contributed by atoms with Gasteiger partial charge in [0, 0.05) is 82.6 Å². The number of likely N-dealkylation sites (N-methyl/N-ethyl adjacent to an activating group) is 2. The maximum Gasteiger partial charge on any atom is 0.474 e. The number of carbonyl (C=O) groups excluding carboxylic acids is 4. The third kappa shape index (κ3) is 33.1. The molecule has 2 aromatic heterocycles.